The van der Waals surface area contributed by atoms with Crippen LogP contribution in [0.4, 0.5) is 0 Å². The third-order valence-corrected chi connectivity index (χ3v) is 1.84. The molecule has 0 aromatic carbocycles. The molecule has 1 nitrogen and oxygen atoms in total. The summed E-state index contributed by atoms with van der Waals surface area (Å²) >= 11 is 0. The molecule has 0 bridgehead atoms. The van der Waals surface area contributed by atoms with Gasteiger partial charge in [0.15, 0.2) is 0 Å². The summed E-state index contributed by atoms with van der Waals surface area (Å²) in [6.45, 7) is 6.01. The molecule has 1 heterocycles. The zero-order chi connectivity index (χ0) is 8.81. The van der Waals surface area contributed by atoms with Crippen molar-refractivity contribution in [2.45, 2.75) is 19.8 Å². The Morgan fingerprint density at radius 3 is 3.08 bits per heavy atom. The van der Waals surface area contributed by atoms with Crippen molar-refractivity contribution in [2.24, 2.45) is 0 Å². The number of hydrogen-bond acceptors (Lipinski definition) is 1. The van der Waals surface area contributed by atoms with Gasteiger partial charge in [0.25, 0.3) is 0 Å². The predicted octanol–water partition coefficient (Wildman–Crippen LogP) is 2.90. The molecule has 0 aromatic rings. The van der Waals surface area contributed by atoms with Crippen molar-refractivity contribution in [3.05, 3.63) is 48.4 Å². The Bertz CT molecular complexity index is 244. The average molecular weight is 161 g/mol. The zero-order valence-corrected chi connectivity index (χ0v) is 7.51. The van der Waals surface area contributed by atoms with E-state index in [0.717, 1.165) is 18.5 Å². The van der Waals surface area contributed by atoms with Gasteiger partial charge in [0, 0.05) is 11.9 Å². The highest BCUT2D eigenvalue weighted by Crippen LogP contribution is 2.08. The Kier molecular flexibility index (Phi) is 3.39. The van der Waals surface area contributed by atoms with Crippen LogP contribution in [0, 0.1) is 0 Å². The van der Waals surface area contributed by atoms with E-state index in [4.69, 9.17) is 0 Å². The molecule has 1 rings (SSSR count). The zero-order valence-electron chi connectivity index (χ0n) is 7.51. The maximum atomic E-state index is 3.85. The lowest BCUT2D eigenvalue weighted by Crippen LogP contribution is -2.01. The monoisotopic (exact) mass is 161 g/mol. The summed E-state index contributed by atoms with van der Waals surface area (Å²) < 4.78 is 0. The van der Waals surface area contributed by atoms with Gasteiger partial charge < -0.3 is 5.32 Å². The third kappa shape index (κ3) is 2.79. The topological polar surface area (TPSA) is 12.0 Å². The number of hydrogen-bond donors (Lipinski definition) is 1. The van der Waals surface area contributed by atoms with E-state index in [-0.39, 0.29) is 0 Å². The van der Waals surface area contributed by atoms with E-state index >= 15 is 0 Å². The van der Waals surface area contributed by atoms with Gasteiger partial charge in [-0.3, -0.25) is 0 Å². The van der Waals surface area contributed by atoms with Crippen LogP contribution in [0.2, 0.25) is 0 Å². The summed E-state index contributed by atoms with van der Waals surface area (Å²) in [5, 5.41) is 3.14. The molecule has 0 radical (unpaired) electrons. The minimum absolute atomic E-state index is 0.938. The van der Waals surface area contributed by atoms with Crippen LogP contribution in [-0.2, 0) is 0 Å². The van der Waals surface area contributed by atoms with Crippen LogP contribution in [0.15, 0.2) is 48.4 Å². The first-order valence-electron chi connectivity index (χ1n) is 4.29. The summed E-state index contributed by atoms with van der Waals surface area (Å²) in [6, 6.07) is 0. The smallest absolute Gasteiger partial charge is 0.0306 e. The van der Waals surface area contributed by atoms with Crippen molar-refractivity contribution < 1.29 is 0 Å². The molecular weight excluding hydrogens is 146 g/mol. The average Bonchev–Trinajstić information content (AvgIpc) is 2.17. The molecule has 1 aliphatic rings. The fraction of sp³-hybridized carbons (Fsp3) is 0.273. The van der Waals surface area contributed by atoms with Crippen LogP contribution in [-0.4, -0.2) is 0 Å². The molecule has 12 heavy (non-hydrogen) atoms. The SMILES string of the molecule is C=C1/C=C\C=C/C/C(CC)=C\N1. The molecule has 0 amide bonds. The number of allylic oxidation sites excluding steroid dienone is 5. The molecule has 0 saturated heterocycles. The second-order valence-corrected chi connectivity index (χ2v) is 2.82. The molecule has 1 aliphatic heterocycles. The summed E-state index contributed by atoms with van der Waals surface area (Å²) in [5.41, 5.74) is 2.34. The van der Waals surface area contributed by atoms with E-state index < -0.39 is 0 Å². The minimum Gasteiger partial charge on any atom is -0.362 e. The third-order valence-electron chi connectivity index (χ3n) is 1.84. The Labute approximate surface area is 74.2 Å². The van der Waals surface area contributed by atoms with E-state index in [1.165, 1.54) is 5.57 Å². The standard InChI is InChI=1S/C11H15N/c1-3-11-8-6-4-5-7-10(2)12-9-11/h4-7,9,12H,2-3,8H2,1H3/b6-4-,7-5-,11-9-. The van der Waals surface area contributed by atoms with Crippen LogP contribution >= 0.6 is 0 Å². The molecule has 0 fully saturated rings. The largest absolute Gasteiger partial charge is 0.362 e. The normalized spacial score (nSPS) is 27.1. The lowest BCUT2D eigenvalue weighted by atomic mass is 10.1. The van der Waals surface area contributed by atoms with Gasteiger partial charge in [-0.05, 0) is 18.9 Å². The first kappa shape index (κ1) is 8.85. The van der Waals surface area contributed by atoms with Gasteiger partial charge >= 0.3 is 0 Å². The van der Waals surface area contributed by atoms with E-state index in [1.54, 1.807) is 0 Å². The van der Waals surface area contributed by atoms with Gasteiger partial charge in [0.05, 0.1) is 0 Å². The summed E-state index contributed by atoms with van der Waals surface area (Å²) in [4.78, 5) is 0. The molecule has 1 N–H and O–H groups in total. The highest BCUT2D eigenvalue weighted by atomic mass is 14.8. The molecule has 0 saturated carbocycles. The Balaban J connectivity index is 2.71. The second-order valence-electron chi connectivity index (χ2n) is 2.82. The number of rotatable bonds is 1. The molecule has 0 atom stereocenters. The Morgan fingerprint density at radius 2 is 2.33 bits per heavy atom. The van der Waals surface area contributed by atoms with Gasteiger partial charge in [0.2, 0.25) is 0 Å². The van der Waals surface area contributed by atoms with Crippen molar-refractivity contribution in [3.63, 3.8) is 0 Å². The van der Waals surface area contributed by atoms with Crippen molar-refractivity contribution in [1.29, 1.82) is 0 Å². The van der Waals surface area contributed by atoms with E-state index in [1.807, 2.05) is 18.4 Å². The van der Waals surface area contributed by atoms with Gasteiger partial charge in [-0.25, -0.2) is 0 Å². The highest BCUT2D eigenvalue weighted by Gasteiger charge is 1.92. The fourth-order valence-corrected chi connectivity index (χ4v) is 1.02. The highest BCUT2D eigenvalue weighted by molar-refractivity contribution is 5.23. The van der Waals surface area contributed by atoms with Crippen molar-refractivity contribution in [2.75, 3.05) is 0 Å². The molecule has 64 valence electrons. The molecule has 1 heteroatoms. The first-order chi connectivity index (χ1) is 5.83. The van der Waals surface area contributed by atoms with Gasteiger partial charge in [-0.2, -0.15) is 0 Å². The van der Waals surface area contributed by atoms with Crippen LogP contribution in [0.3, 0.4) is 0 Å². The van der Waals surface area contributed by atoms with Crippen LogP contribution in [0.1, 0.15) is 19.8 Å². The van der Waals surface area contributed by atoms with Crippen molar-refractivity contribution >= 4 is 0 Å². The van der Waals surface area contributed by atoms with E-state index in [2.05, 4.69) is 31.0 Å². The summed E-state index contributed by atoms with van der Waals surface area (Å²) in [7, 11) is 0. The fourth-order valence-electron chi connectivity index (χ4n) is 1.02. The molecule has 0 aromatic heterocycles. The van der Waals surface area contributed by atoms with Gasteiger partial charge in [0.1, 0.15) is 0 Å². The summed E-state index contributed by atoms with van der Waals surface area (Å²) in [5.74, 6) is 0. The van der Waals surface area contributed by atoms with Gasteiger partial charge in [-0.1, -0.05) is 37.3 Å². The first-order valence-corrected chi connectivity index (χ1v) is 4.29. The lowest BCUT2D eigenvalue weighted by molar-refractivity contribution is 0.979. The maximum Gasteiger partial charge on any atom is 0.0306 e. The molecule has 0 unspecified atom stereocenters. The Morgan fingerprint density at radius 1 is 1.50 bits per heavy atom. The minimum atomic E-state index is 0.938. The predicted molar refractivity (Wildman–Crippen MR) is 53.5 cm³/mol. The molecule has 0 aliphatic carbocycles. The second kappa shape index (κ2) is 4.60. The summed E-state index contributed by atoms with van der Waals surface area (Å²) in [6.07, 6.45) is 12.3. The van der Waals surface area contributed by atoms with Crippen molar-refractivity contribution in [1.82, 2.24) is 5.32 Å². The maximum absolute atomic E-state index is 3.85. The quantitative estimate of drug-likeness (QED) is 0.623. The van der Waals surface area contributed by atoms with Gasteiger partial charge in [-0.15, -0.1) is 0 Å². The number of nitrogens with one attached hydrogen (secondary N) is 1. The Hall–Kier alpha value is -1.24. The van der Waals surface area contributed by atoms with Crippen LogP contribution in [0.25, 0.3) is 0 Å². The molecular formula is C11H15N. The van der Waals surface area contributed by atoms with E-state index in [9.17, 15) is 0 Å². The van der Waals surface area contributed by atoms with Crippen molar-refractivity contribution in [3.8, 4) is 0 Å². The van der Waals surface area contributed by atoms with Crippen LogP contribution < -0.4 is 5.32 Å². The molecule has 0 spiro atoms. The lowest BCUT2D eigenvalue weighted by Gasteiger charge is -2.02. The van der Waals surface area contributed by atoms with E-state index in [0.29, 0.717) is 0 Å². The van der Waals surface area contributed by atoms with Crippen LogP contribution in [0.5, 0.6) is 0 Å².